The molecule has 6 nitrogen and oxygen atoms in total. The van der Waals surface area contributed by atoms with E-state index in [-0.39, 0.29) is 6.03 Å². The summed E-state index contributed by atoms with van der Waals surface area (Å²) in [5.74, 6) is -1.24. The third-order valence-corrected chi connectivity index (χ3v) is 3.44. The Kier molecular flexibility index (Phi) is 8.02. The standard InChI is InChI=1S/C14H26N2O4/c1-2-3-9-20-10-5-7-15-14(19)16-8-4-6-12(11-16)13(17)18/h12H,2-11H2,1H3,(H,15,19)(H,17,18). The van der Waals surface area contributed by atoms with E-state index in [2.05, 4.69) is 12.2 Å². The molecular formula is C14H26N2O4. The Balaban J connectivity index is 2.11. The van der Waals surface area contributed by atoms with Gasteiger partial charge in [0.25, 0.3) is 0 Å². The minimum Gasteiger partial charge on any atom is -0.481 e. The fraction of sp³-hybridized carbons (Fsp3) is 0.857. The Morgan fingerprint density at radius 2 is 2.10 bits per heavy atom. The molecule has 6 heteroatoms. The molecular weight excluding hydrogens is 260 g/mol. The number of carboxylic acid groups (broad SMARTS) is 1. The Morgan fingerprint density at radius 1 is 1.35 bits per heavy atom. The molecule has 0 bridgehead atoms. The third-order valence-electron chi connectivity index (χ3n) is 3.44. The molecule has 0 spiro atoms. The number of ether oxygens (including phenoxy) is 1. The Bertz CT molecular complexity index is 310. The lowest BCUT2D eigenvalue weighted by atomic mass is 9.99. The second-order valence-electron chi connectivity index (χ2n) is 5.17. The predicted octanol–water partition coefficient (Wildman–Crippen LogP) is 1.70. The smallest absolute Gasteiger partial charge is 0.317 e. The predicted molar refractivity (Wildman–Crippen MR) is 75.7 cm³/mol. The Morgan fingerprint density at radius 3 is 2.80 bits per heavy atom. The number of hydrogen-bond donors (Lipinski definition) is 2. The molecule has 1 saturated heterocycles. The molecule has 1 aliphatic heterocycles. The number of piperidine rings is 1. The highest BCUT2D eigenvalue weighted by molar-refractivity contribution is 5.76. The number of likely N-dealkylation sites (tertiary alicyclic amines) is 1. The zero-order chi connectivity index (χ0) is 14.8. The zero-order valence-electron chi connectivity index (χ0n) is 12.3. The fourth-order valence-electron chi connectivity index (χ4n) is 2.19. The van der Waals surface area contributed by atoms with Crippen LogP contribution in [0.2, 0.25) is 0 Å². The van der Waals surface area contributed by atoms with Gasteiger partial charge in [-0.25, -0.2) is 4.79 Å². The lowest BCUT2D eigenvalue weighted by molar-refractivity contribution is -0.143. The van der Waals surface area contributed by atoms with Gasteiger partial charge in [0.1, 0.15) is 0 Å². The number of hydrogen-bond acceptors (Lipinski definition) is 3. The van der Waals surface area contributed by atoms with Crippen molar-refractivity contribution in [2.75, 3.05) is 32.8 Å². The summed E-state index contributed by atoms with van der Waals surface area (Å²) >= 11 is 0. The van der Waals surface area contributed by atoms with Gasteiger partial charge in [0.15, 0.2) is 0 Å². The Hall–Kier alpha value is -1.30. The molecule has 0 radical (unpaired) electrons. The second-order valence-corrected chi connectivity index (χ2v) is 5.17. The monoisotopic (exact) mass is 286 g/mol. The van der Waals surface area contributed by atoms with Crippen molar-refractivity contribution in [1.29, 1.82) is 0 Å². The van der Waals surface area contributed by atoms with Gasteiger partial charge in [0.05, 0.1) is 5.92 Å². The van der Waals surface area contributed by atoms with Gasteiger partial charge in [-0.1, -0.05) is 13.3 Å². The molecule has 0 aromatic heterocycles. The van der Waals surface area contributed by atoms with Gasteiger partial charge in [-0.15, -0.1) is 0 Å². The van der Waals surface area contributed by atoms with Crippen LogP contribution < -0.4 is 5.32 Å². The first kappa shape index (κ1) is 16.8. The fourth-order valence-corrected chi connectivity index (χ4v) is 2.19. The molecule has 1 heterocycles. The van der Waals surface area contributed by atoms with Crippen LogP contribution in [0.15, 0.2) is 0 Å². The summed E-state index contributed by atoms with van der Waals surface area (Å²) in [6.07, 6.45) is 4.38. The number of unbranched alkanes of at least 4 members (excludes halogenated alkanes) is 1. The molecule has 2 N–H and O–H groups in total. The summed E-state index contributed by atoms with van der Waals surface area (Å²) in [6, 6.07) is -0.162. The van der Waals surface area contributed by atoms with Gasteiger partial charge in [-0.3, -0.25) is 4.79 Å². The molecule has 0 aromatic carbocycles. The highest BCUT2D eigenvalue weighted by Crippen LogP contribution is 2.16. The van der Waals surface area contributed by atoms with Crippen LogP contribution in [0.3, 0.4) is 0 Å². The quantitative estimate of drug-likeness (QED) is 0.666. The van der Waals surface area contributed by atoms with E-state index >= 15 is 0 Å². The first-order valence-corrected chi connectivity index (χ1v) is 7.48. The van der Waals surface area contributed by atoms with E-state index in [1.54, 1.807) is 4.90 Å². The number of nitrogens with zero attached hydrogens (tertiary/aromatic N) is 1. The molecule has 1 unspecified atom stereocenters. The average molecular weight is 286 g/mol. The minimum absolute atomic E-state index is 0.162. The topological polar surface area (TPSA) is 78.9 Å². The van der Waals surface area contributed by atoms with Gasteiger partial charge in [0, 0.05) is 32.8 Å². The van der Waals surface area contributed by atoms with E-state index in [9.17, 15) is 9.59 Å². The van der Waals surface area contributed by atoms with Crippen molar-refractivity contribution < 1.29 is 19.4 Å². The summed E-state index contributed by atoms with van der Waals surface area (Å²) < 4.78 is 5.41. The summed E-state index contributed by atoms with van der Waals surface area (Å²) in [5, 5.41) is 11.8. The van der Waals surface area contributed by atoms with E-state index in [1.165, 1.54) is 0 Å². The van der Waals surface area contributed by atoms with Gasteiger partial charge >= 0.3 is 12.0 Å². The van der Waals surface area contributed by atoms with Crippen LogP contribution in [0.25, 0.3) is 0 Å². The summed E-state index contributed by atoms with van der Waals surface area (Å²) in [5.41, 5.74) is 0. The number of carboxylic acids is 1. The third kappa shape index (κ3) is 6.23. The molecule has 116 valence electrons. The average Bonchev–Trinajstić information content (AvgIpc) is 2.46. The van der Waals surface area contributed by atoms with Crippen LogP contribution >= 0.6 is 0 Å². The van der Waals surface area contributed by atoms with Crippen molar-refractivity contribution >= 4 is 12.0 Å². The van der Waals surface area contributed by atoms with Gasteiger partial charge < -0.3 is 20.1 Å². The summed E-state index contributed by atoms with van der Waals surface area (Å²) in [6.45, 7) is 5.07. The van der Waals surface area contributed by atoms with Crippen molar-refractivity contribution in [1.82, 2.24) is 10.2 Å². The van der Waals surface area contributed by atoms with Crippen molar-refractivity contribution in [3.8, 4) is 0 Å². The maximum Gasteiger partial charge on any atom is 0.317 e. The first-order chi connectivity index (χ1) is 9.65. The highest BCUT2D eigenvalue weighted by atomic mass is 16.5. The van der Waals surface area contributed by atoms with Gasteiger partial charge in [-0.05, 0) is 25.7 Å². The maximum absolute atomic E-state index is 11.9. The number of rotatable bonds is 8. The normalized spacial score (nSPS) is 18.9. The largest absolute Gasteiger partial charge is 0.481 e. The number of aliphatic carboxylic acids is 1. The summed E-state index contributed by atoms with van der Waals surface area (Å²) in [7, 11) is 0. The van der Waals surface area contributed by atoms with Crippen LogP contribution in [0, 0.1) is 5.92 Å². The number of nitrogens with one attached hydrogen (secondary N) is 1. The van der Waals surface area contributed by atoms with Crippen molar-refractivity contribution in [2.24, 2.45) is 5.92 Å². The van der Waals surface area contributed by atoms with Gasteiger partial charge in [-0.2, -0.15) is 0 Å². The molecule has 1 fully saturated rings. The van der Waals surface area contributed by atoms with Crippen LogP contribution in [0.1, 0.15) is 39.0 Å². The molecule has 2 amide bonds. The van der Waals surface area contributed by atoms with E-state index < -0.39 is 11.9 Å². The van der Waals surface area contributed by atoms with E-state index in [0.717, 1.165) is 32.3 Å². The molecule has 0 aliphatic carbocycles. The second kappa shape index (κ2) is 9.58. The highest BCUT2D eigenvalue weighted by Gasteiger charge is 2.27. The molecule has 0 aromatic rings. The van der Waals surface area contributed by atoms with Crippen LogP contribution in [-0.4, -0.2) is 54.9 Å². The van der Waals surface area contributed by atoms with Crippen molar-refractivity contribution in [2.45, 2.75) is 39.0 Å². The Labute approximate surface area is 120 Å². The minimum atomic E-state index is -0.813. The van der Waals surface area contributed by atoms with Crippen LogP contribution in [-0.2, 0) is 9.53 Å². The SMILES string of the molecule is CCCCOCCCNC(=O)N1CCCC(C(=O)O)C1. The maximum atomic E-state index is 11.9. The van der Waals surface area contributed by atoms with Crippen LogP contribution in [0.5, 0.6) is 0 Å². The zero-order valence-corrected chi connectivity index (χ0v) is 12.3. The number of amides is 2. The van der Waals surface area contributed by atoms with E-state index in [0.29, 0.717) is 32.7 Å². The van der Waals surface area contributed by atoms with Crippen molar-refractivity contribution in [3.63, 3.8) is 0 Å². The molecule has 1 rings (SSSR count). The molecule has 20 heavy (non-hydrogen) atoms. The lowest BCUT2D eigenvalue weighted by Crippen LogP contribution is -2.47. The number of carbonyl (C=O) groups excluding carboxylic acids is 1. The lowest BCUT2D eigenvalue weighted by Gasteiger charge is -2.30. The van der Waals surface area contributed by atoms with Gasteiger partial charge in [0.2, 0.25) is 0 Å². The first-order valence-electron chi connectivity index (χ1n) is 7.48. The molecule has 0 saturated carbocycles. The van der Waals surface area contributed by atoms with Crippen molar-refractivity contribution in [3.05, 3.63) is 0 Å². The number of urea groups is 1. The van der Waals surface area contributed by atoms with Crippen LogP contribution in [0.4, 0.5) is 4.79 Å². The molecule has 1 atom stereocenters. The van der Waals surface area contributed by atoms with E-state index in [4.69, 9.17) is 9.84 Å². The number of carbonyl (C=O) groups is 2. The summed E-state index contributed by atoms with van der Waals surface area (Å²) in [4.78, 5) is 24.4. The molecule has 1 aliphatic rings. The van der Waals surface area contributed by atoms with E-state index in [1.807, 2.05) is 0 Å².